The third-order valence-corrected chi connectivity index (χ3v) is 4.56. The molecule has 8 nitrogen and oxygen atoms in total. The number of H-pyrrole nitrogens is 1. The zero-order valence-electron chi connectivity index (χ0n) is 15.6. The molecule has 146 valence electrons. The second kappa shape index (κ2) is 8.32. The number of aromatic amines is 1. The largest absolute Gasteiger partial charge is 0.497 e. The van der Waals surface area contributed by atoms with Crippen molar-refractivity contribution < 1.29 is 19.0 Å². The number of benzene rings is 1. The number of carbonyl (C=O) groups is 1. The normalized spacial score (nSPS) is 10.8. The minimum Gasteiger partial charge on any atom is -0.497 e. The van der Waals surface area contributed by atoms with Crippen LogP contribution in [0.2, 0.25) is 0 Å². The summed E-state index contributed by atoms with van der Waals surface area (Å²) in [4.78, 5) is 32.2. The Kier molecular flexibility index (Phi) is 5.86. The van der Waals surface area contributed by atoms with Gasteiger partial charge in [0.1, 0.15) is 11.4 Å². The van der Waals surface area contributed by atoms with Crippen LogP contribution >= 0.6 is 12.2 Å². The Morgan fingerprint density at radius 2 is 2.04 bits per heavy atom. The first-order chi connectivity index (χ1) is 13.5. The monoisotopic (exact) mass is 401 g/mol. The fourth-order valence-electron chi connectivity index (χ4n) is 2.87. The molecular weight excluding hydrogens is 382 g/mol. The minimum atomic E-state index is -0.641. The first-order valence-corrected chi connectivity index (χ1v) is 8.80. The average molecular weight is 401 g/mol. The summed E-state index contributed by atoms with van der Waals surface area (Å²) >= 11 is 5.29. The fraction of sp³-hybridized carbons (Fsp3) is 0.263. The van der Waals surface area contributed by atoms with Crippen LogP contribution in [0.1, 0.15) is 10.4 Å². The Bertz CT molecular complexity index is 1150. The van der Waals surface area contributed by atoms with Crippen LogP contribution in [0.4, 0.5) is 0 Å². The van der Waals surface area contributed by atoms with E-state index in [0.717, 1.165) is 5.56 Å². The molecule has 0 aliphatic carbocycles. The van der Waals surface area contributed by atoms with Gasteiger partial charge in [-0.05, 0) is 30.4 Å². The van der Waals surface area contributed by atoms with E-state index in [1.807, 2.05) is 12.1 Å². The van der Waals surface area contributed by atoms with Gasteiger partial charge in [0, 0.05) is 12.7 Å². The molecule has 1 N–H and O–H groups in total. The van der Waals surface area contributed by atoms with E-state index in [2.05, 4.69) is 9.97 Å². The number of hydrogen-bond donors (Lipinski definition) is 1. The lowest BCUT2D eigenvalue weighted by atomic mass is 10.1. The number of esters is 1. The maximum absolute atomic E-state index is 12.6. The highest BCUT2D eigenvalue weighted by molar-refractivity contribution is 7.71. The first kappa shape index (κ1) is 19.7. The number of fused-ring (bicyclic) bond motifs is 1. The van der Waals surface area contributed by atoms with Gasteiger partial charge in [0.2, 0.25) is 0 Å². The van der Waals surface area contributed by atoms with Crippen molar-refractivity contribution in [3.05, 3.63) is 51.0 Å². The van der Waals surface area contributed by atoms with E-state index < -0.39 is 11.5 Å². The summed E-state index contributed by atoms with van der Waals surface area (Å²) < 4.78 is 17.1. The van der Waals surface area contributed by atoms with Crippen molar-refractivity contribution in [3.63, 3.8) is 0 Å². The molecule has 9 heteroatoms. The Morgan fingerprint density at radius 3 is 2.71 bits per heavy atom. The Balaban J connectivity index is 2.39. The van der Waals surface area contributed by atoms with Gasteiger partial charge in [-0.25, -0.2) is 9.78 Å². The molecule has 0 unspecified atom stereocenters. The summed E-state index contributed by atoms with van der Waals surface area (Å²) in [5.41, 5.74) is 1.09. The van der Waals surface area contributed by atoms with Crippen molar-refractivity contribution in [2.75, 3.05) is 27.9 Å². The van der Waals surface area contributed by atoms with E-state index >= 15 is 0 Å². The van der Waals surface area contributed by atoms with Gasteiger partial charge >= 0.3 is 5.97 Å². The van der Waals surface area contributed by atoms with Gasteiger partial charge in [-0.1, -0.05) is 12.1 Å². The molecule has 0 fully saturated rings. The van der Waals surface area contributed by atoms with Gasteiger partial charge in [0.25, 0.3) is 5.56 Å². The minimum absolute atomic E-state index is 0.104. The second-order valence-electron chi connectivity index (χ2n) is 5.88. The third-order valence-electron chi connectivity index (χ3n) is 4.24. The number of carbonyl (C=O) groups excluding carboxylic acids is 1. The van der Waals surface area contributed by atoms with E-state index in [1.54, 1.807) is 30.9 Å². The summed E-state index contributed by atoms with van der Waals surface area (Å²) in [6, 6.07) is 8.77. The third kappa shape index (κ3) is 3.67. The smallest absolute Gasteiger partial charge is 0.338 e. The second-order valence-corrected chi connectivity index (χ2v) is 6.27. The zero-order chi connectivity index (χ0) is 20.3. The summed E-state index contributed by atoms with van der Waals surface area (Å²) in [5.74, 6) is -0.00130. The Labute approximate surface area is 165 Å². The van der Waals surface area contributed by atoms with Crippen LogP contribution in [0.5, 0.6) is 5.75 Å². The molecule has 0 saturated heterocycles. The van der Waals surface area contributed by atoms with E-state index in [-0.39, 0.29) is 21.4 Å². The Morgan fingerprint density at radius 1 is 1.25 bits per heavy atom. The molecule has 0 aliphatic rings. The van der Waals surface area contributed by atoms with Gasteiger partial charge in [-0.2, -0.15) is 0 Å². The van der Waals surface area contributed by atoms with Gasteiger partial charge in [0.05, 0.1) is 44.0 Å². The Hall–Kier alpha value is -3.04. The van der Waals surface area contributed by atoms with Crippen LogP contribution in [-0.2, 0) is 16.0 Å². The highest BCUT2D eigenvalue weighted by Crippen LogP contribution is 2.26. The van der Waals surface area contributed by atoms with Crippen LogP contribution in [0, 0.1) is 4.77 Å². The first-order valence-electron chi connectivity index (χ1n) is 8.39. The highest BCUT2D eigenvalue weighted by Gasteiger charge is 2.20. The van der Waals surface area contributed by atoms with Crippen molar-refractivity contribution in [1.29, 1.82) is 0 Å². The van der Waals surface area contributed by atoms with Gasteiger partial charge < -0.3 is 18.8 Å². The van der Waals surface area contributed by atoms with Crippen molar-refractivity contribution in [2.45, 2.75) is 6.54 Å². The quantitative estimate of drug-likeness (QED) is 0.501. The summed E-state index contributed by atoms with van der Waals surface area (Å²) in [5, 5.41) is 0.114. The maximum Gasteiger partial charge on any atom is 0.338 e. The lowest BCUT2D eigenvalue weighted by Gasteiger charge is -2.14. The van der Waals surface area contributed by atoms with E-state index in [0.29, 0.717) is 24.6 Å². The highest BCUT2D eigenvalue weighted by atomic mass is 32.1. The van der Waals surface area contributed by atoms with E-state index in [1.165, 1.54) is 13.2 Å². The number of methoxy groups -OCH3 is 3. The SMILES string of the molecule is COCCn1c(=S)[nH]c(=O)c2c(C(=O)OC)cc(-c3cccc(OC)c3)nc21. The lowest BCUT2D eigenvalue weighted by molar-refractivity contribution is 0.0603. The molecule has 3 aromatic rings. The maximum atomic E-state index is 12.6. The molecule has 0 bridgehead atoms. The number of rotatable bonds is 6. The predicted octanol–water partition coefficient (Wildman–Crippen LogP) is 2.56. The van der Waals surface area contributed by atoms with Crippen LogP contribution < -0.4 is 10.3 Å². The molecule has 1 aromatic carbocycles. The molecular formula is C19H19N3O5S. The predicted molar refractivity (Wildman–Crippen MR) is 106 cm³/mol. The van der Waals surface area contributed by atoms with Crippen molar-refractivity contribution in [1.82, 2.24) is 14.5 Å². The van der Waals surface area contributed by atoms with Crippen LogP contribution in [-0.4, -0.2) is 48.4 Å². The fourth-order valence-corrected chi connectivity index (χ4v) is 3.14. The standard InChI is InChI=1S/C19H19N3O5S/c1-25-8-7-22-16-15(17(23)21-19(22)28)13(18(24)27-3)10-14(20-16)11-5-4-6-12(9-11)26-2/h4-6,9-10H,7-8H2,1-3H3,(H,21,23,28). The van der Waals surface area contributed by atoms with E-state index in [9.17, 15) is 9.59 Å². The number of hydrogen-bond acceptors (Lipinski definition) is 7. The van der Waals surface area contributed by atoms with Crippen molar-refractivity contribution in [2.24, 2.45) is 0 Å². The molecule has 0 amide bonds. The number of nitrogens with zero attached hydrogens (tertiary/aromatic N) is 2. The number of aromatic nitrogens is 3. The number of ether oxygens (including phenoxy) is 3. The summed E-state index contributed by atoms with van der Waals surface area (Å²) in [6.07, 6.45) is 0. The van der Waals surface area contributed by atoms with Crippen molar-refractivity contribution in [3.8, 4) is 17.0 Å². The summed E-state index contributed by atoms with van der Waals surface area (Å²) in [7, 11) is 4.38. The molecule has 0 aliphatic heterocycles. The summed E-state index contributed by atoms with van der Waals surface area (Å²) in [6.45, 7) is 0.714. The van der Waals surface area contributed by atoms with Gasteiger partial charge in [0.15, 0.2) is 4.77 Å². The average Bonchev–Trinajstić information content (AvgIpc) is 2.72. The molecule has 0 atom stereocenters. The molecule has 28 heavy (non-hydrogen) atoms. The van der Waals surface area contributed by atoms with Gasteiger partial charge in [-0.3, -0.25) is 9.78 Å². The van der Waals surface area contributed by atoms with Crippen LogP contribution in [0.25, 0.3) is 22.3 Å². The topological polar surface area (TPSA) is 95.4 Å². The zero-order valence-corrected chi connectivity index (χ0v) is 16.5. The molecule has 0 radical (unpaired) electrons. The molecule has 0 spiro atoms. The number of pyridine rings is 1. The molecule has 2 aromatic heterocycles. The van der Waals surface area contributed by atoms with E-state index in [4.69, 9.17) is 26.4 Å². The molecule has 0 saturated carbocycles. The van der Waals surface area contributed by atoms with Crippen molar-refractivity contribution >= 4 is 29.2 Å². The molecule has 3 rings (SSSR count). The van der Waals surface area contributed by atoms with Crippen LogP contribution in [0.15, 0.2) is 35.1 Å². The number of nitrogens with one attached hydrogen (secondary N) is 1. The van der Waals surface area contributed by atoms with Gasteiger partial charge in [-0.15, -0.1) is 0 Å². The molecule has 2 heterocycles. The lowest BCUT2D eigenvalue weighted by Crippen LogP contribution is -2.20. The van der Waals surface area contributed by atoms with Crippen LogP contribution in [0.3, 0.4) is 0 Å².